The summed E-state index contributed by atoms with van der Waals surface area (Å²) in [6, 6.07) is 0. The van der Waals surface area contributed by atoms with Gasteiger partial charge in [-0.25, -0.2) is 13.6 Å². The van der Waals surface area contributed by atoms with Crippen LogP contribution in [0.2, 0.25) is 0 Å². The third kappa shape index (κ3) is 4.00. The first-order valence-electron chi connectivity index (χ1n) is 2.78. The summed E-state index contributed by atoms with van der Waals surface area (Å²) >= 11 is 0. The Labute approximate surface area is 57.2 Å². The molecule has 0 saturated heterocycles. The molecule has 2 nitrogen and oxygen atoms in total. The molecule has 0 rings (SSSR count). The number of hydrogen-bond acceptors (Lipinski definition) is 1. The van der Waals surface area contributed by atoms with Gasteiger partial charge in [0.15, 0.2) is 0 Å². The fraction of sp³-hybridized carbons (Fsp3) is 0.500. The minimum Gasteiger partial charge on any atom is -0.478 e. The second-order valence-electron chi connectivity index (χ2n) is 1.79. The van der Waals surface area contributed by atoms with Gasteiger partial charge in [-0.2, -0.15) is 0 Å². The third-order valence-corrected chi connectivity index (χ3v) is 0.941. The lowest BCUT2D eigenvalue weighted by molar-refractivity contribution is -0.131. The Hall–Kier alpha value is -0.930. The molecule has 0 fully saturated rings. The quantitative estimate of drug-likeness (QED) is 0.621. The third-order valence-electron chi connectivity index (χ3n) is 0.941. The van der Waals surface area contributed by atoms with Gasteiger partial charge in [0.25, 0.3) is 5.92 Å². The molecule has 0 heterocycles. The van der Waals surface area contributed by atoms with Gasteiger partial charge in [0.2, 0.25) is 0 Å². The van der Waals surface area contributed by atoms with Crippen molar-refractivity contribution in [2.45, 2.75) is 19.3 Å². The topological polar surface area (TPSA) is 37.3 Å². The van der Waals surface area contributed by atoms with Crippen molar-refractivity contribution in [3.05, 3.63) is 12.2 Å². The molecule has 0 saturated carbocycles. The maximum atomic E-state index is 12.2. The highest BCUT2D eigenvalue weighted by Crippen LogP contribution is 2.18. The van der Waals surface area contributed by atoms with Crippen molar-refractivity contribution in [2.75, 3.05) is 0 Å². The van der Waals surface area contributed by atoms with Crippen LogP contribution in [0.4, 0.5) is 8.78 Å². The molecule has 0 aliphatic heterocycles. The molecule has 0 aromatic carbocycles. The minimum absolute atomic E-state index is 0.378. The lowest BCUT2D eigenvalue weighted by Crippen LogP contribution is -2.10. The van der Waals surface area contributed by atoms with Gasteiger partial charge in [0.1, 0.15) is 0 Å². The Morgan fingerprint density at radius 2 is 2.20 bits per heavy atom. The van der Waals surface area contributed by atoms with Gasteiger partial charge in [-0.1, -0.05) is 6.92 Å². The second-order valence-corrected chi connectivity index (χ2v) is 1.79. The van der Waals surface area contributed by atoms with Crippen molar-refractivity contribution in [1.82, 2.24) is 0 Å². The van der Waals surface area contributed by atoms with E-state index in [1.807, 2.05) is 0 Å². The molecule has 10 heavy (non-hydrogen) atoms. The highest BCUT2D eigenvalue weighted by atomic mass is 19.3. The fourth-order valence-electron chi connectivity index (χ4n) is 0.311. The molecule has 0 bridgehead atoms. The molecule has 0 atom stereocenters. The number of allylic oxidation sites excluding steroid dienone is 1. The summed E-state index contributed by atoms with van der Waals surface area (Å²) in [5.74, 6) is -4.34. The summed E-state index contributed by atoms with van der Waals surface area (Å²) in [5, 5.41) is 7.95. The highest BCUT2D eigenvalue weighted by molar-refractivity contribution is 5.79. The molecule has 58 valence electrons. The maximum absolute atomic E-state index is 12.2. The van der Waals surface area contributed by atoms with Crippen LogP contribution in [0, 0.1) is 0 Å². The normalized spacial score (nSPS) is 12.3. The molecule has 0 amide bonds. The van der Waals surface area contributed by atoms with Crippen LogP contribution in [0.15, 0.2) is 12.2 Å². The monoisotopic (exact) mass is 150 g/mol. The largest absolute Gasteiger partial charge is 0.478 e. The molecule has 1 N–H and O–H groups in total. The van der Waals surface area contributed by atoms with Crippen molar-refractivity contribution in [1.29, 1.82) is 0 Å². The molecular formula is C6H8F2O2. The molecular weight excluding hydrogens is 142 g/mol. The summed E-state index contributed by atoms with van der Waals surface area (Å²) in [6.07, 6.45) is 0.454. The van der Waals surface area contributed by atoms with E-state index in [1.165, 1.54) is 6.92 Å². The summed E-state index contributed by atoms with van der Waals surface area (Å²) in [7, 11) is 0. The summed E-state index contributed by atoms with van der Waals surface area (Å²) < 4.78 is 24.3. The number of aliphatic carboxylic acids is 1. The van der Waals surface area contributed by atoms with E-state index in [0.29, 0.717) is 12.2 Å². The van der Waals surface area contributed by atoms with Crippen molar-refractivity contribution in [3.8, 4) is 0 Å². The van der Waals surface area contributed by atoms with Crippen LogP contribution < -0.4 is 0 Å². The van der Waals surface area contributed by atoms with Crippen LogP contribution >= 0.6 is 0 Å². The Morgan fingerprint density at radius 1 is 1.70 bits per heavy atom. The SMILES string of the molecule is CCC(F)(F)/C=C/C(=O)O. The average Bonchev–Trinajstić information content (AvgIpc) is 1.85. The number of carbonyl (C=O) groups is 1. The van der Waals surface area contributed by atoms with E-state index >= 15 is 0 Å². The van der Waals surface area contributed by atoms with Crippen molar-refractivity contribution < 1.29 is 18.7 Å². The Kier molecular flexibility index (Phi) is 2.99. The van der Waals surface area contributed by atoms with E-state index in [9.17, 15) is 13.6 Å². The number of carboxylic acid groups (broad SMARTS) is 1. The van der Waals surface area contributed by atoms with Gasteiger partial charge in [-0.05, 0) is 6.08 Å². The number of carboxylic acids is 1. The lowest BCUT2D eigenvalue weighted by atomic mass is 10.2. The second kappa shape index (κ2) is 3.29. The van der Waals surface area contributed by atoms with Crippen LogP contribution in [0.25, 0.3) is 0 Å². The number of hydrogen-bond donors (Lipinski definition) is 1. The van der Waals surface area contributed by atoms with E-state index in [-0.39, 0.29) is 6.42 Å². The number of rotatable bonds is 3. The molecule has 0 unspecified atom stereocenters. The van der Waals surface area contributed by atoms with Crippen LogP contribution in [-0.2, 0) is 4.79 Å². The molecule has 0 aromatic heterocycles. The van der Waals surface area contributed by atoms with Gasteiger partial charge in [0, 0.05) is 12.5 Å². The van der Waals surface area contributed by atoms with Gasteiger partial charge >= 0.3 is 5.97 Å². The fourth-order valence-corrected chi connectivity index (χ4v) is 0.311. The van der Waals surface area contributed by atoms with Crippen LogP contribution in [0.3, 0.4) is 0 Å². The van der Waals surface area contributed by atoms with Crippen molar-refractivity contribution in [3.63, 3.8) is 0 Å². The molecule has 0 aliphatic carbocycles. The molecule has 4 heteroatoms. The van der Waals surface area contributed by atoms with E-state index in [1.54, 1.807) is 0 Å². The van der Waals surface area contributed by atoms with E-state index < -0.39 is 11.9 Å². The summed E-state index contributed by atoms with van der Waals surface area (Å²) in [6.45, 7) is 1.28. The zero-order valence-electron chi connectivity index (χ0n) is 5.47. The van der Waals surface area contributed by atoms with Gasteiger partial charge in [0.05, 0.1) is 0 Å². The maximum Gasteiger partial charge on any atom is 0.328 e. The standard InChI is InChI=1S/C6H8F2O2/c1-2-6(7,8)4-3-5(9)10/h3-4H,2H2,1H3,(H,9,10)/b4-3+. The number of halogens is 2. The van der Waals surface area contributed by atoms with Crippen LogP contribution in [-0.4, -0.2) is 17.0 Å². The van der Waals surface area contributed by atoms with E-state index in [4.69, 9.17) is 5.11 Å². The van der Waals surface area contributed by atoms with Crippen LogP contribution in [0.5, 0.6) is 0 Å². The smallest absolute Gasteiger partial charge is 0.328 e. The Balaban J connectivity index is 3.99. The van der Waals surface area contributed by atoms with Gasteiger partial charge < -0.3 is 5.11 Å². The molecule has 0 radical (unpaired) electrons. The highest BCUT2D eigenvalue weighted by Gasteiger charge is 2.21. The lowest BCUT2D eigenvalue weighted by Gasteiger charge is -2.05. The average molecular weight is 150 g/mol. The van der Waals surface area contributed by atoms with Crippen molar-refractivity contribution in [2.24, 2.45) is 0 Å². The first-order valence-corrected chi connectivity index (χ1v) is 2.78. The molecule has 0 aromatic rings. The van der Waals surface area contributed by atoms with Gasteiger partial charge in [-0.15, -0.1) is 0 Å². The Morgan fingerprint density at radius 3 is 2.50 bits per heavy atom. The van der Waals surface area contributed by atoms with Gasteiger partial charge in [-0.3, -0.25) is 0 Å². The summed E-state index contributed by atoms with van der Waals surface area (Å²) in [5.41, 5.74) is 0. The minimum atomic E-state index is -2.99. The van der Waals surface area contributed by atoms with Crippen molar-refractivity contribution >= 4 is 5.97 Å². The molecule has 0 spiro atoms. The number of alkyl halides is 2. The zero-order chi connectivity index (χ0) is 8.20. The van der Waals surface area contributed by atoms with E-state index in [0.717, 1.165) is 0 Å². The van der Waals surface area contributed by atoms with Crippen LogP contribution in [0.1, 0.15) is 13.3 Å². The molecule has 0 aliphatic rings. The Bertz CT molecular complexity index is 152. The predicted octanol–water partition coefficient (Wildman–Crippen LogP) is 1.67. The van der Waals surface area contributed by atoms with E-state index in [2.05, 4.69) is 0 Å². The zero-order valence-corrected chi connectivity index (χ0v) is 5.47. The summed E-state index contributed by atoms with van der Waals surface area (Å²) in [4.78, 5) is 9.74. The first kappa shape index (κ1) is 9.07. The predicted molar refractivity (Wildman–Crippen MR) is 32.0 cm³/mol. The first-order chi connectivity index (χ1) is 4.48.